The lowest BCUT2D eigenvalue weighted by atomic mass is 10.2. The molecule has 0 fully saturated rings. The number of carbonyl (C=O) groups is 1. The molecule has 2 aromatic rings. The van der Waals surface area contributed by atoms with Crippen molar-refractivity contribution in [3.63, 3.8) is 0 Å². The number of carbonyl (C=O) groups excluding carboxylic acids is 1. The first-order valence-electron chi connectivity index (χ1n) is 6.60. The van der Waals surface area contributed by atoms with E-state index in [0.29, 0.717) is 12.1 Å². The summed E-state index contributed by atoms with van der Waals surface area (Å²) in [5.74, 6) is -0.358. The van der Waals surface area contributed by atoms with Gasteiger partial charge in [-0.05, 0) is 44.4 Å². The third-order valence-electron chi connectivity index (χ3n) is 2.80. The molecule has 0 aliphatic rings. The Bertz CT molecular complexity index is 739. The third-order valence-corrected chi connectivity index (χ3v) is 3.40. The zero-order valence-corrected chi connectivity index (χ0v) is 14.0. The van der Waals surface area contributed by atoms with E-state index in [-0.39, 0.29) is 35.0 Å². The first kappa shape index (κ1) is 17.8. The van der Waals surface area contributed by atoms with Gasteiger partial charge in [-0.3, -0.25) is 9.69 Å². The standard InChI is InChI=1S/C13H13BrFN5O4/c1-23-19-13(11-12(16-4-5-21)18-24-17-11)20(7-22)8-2-3-10(15)9(14)6-8/h2-3,6-7,21H,4-5H2,1H3,(H,16,18)/b19-13-. The average molecular weight is 402 g/mol. The van der Waals surface area contributed by atoms with Crippen LogP contribution >= 0.6 is 15.9 Å². The summed E-state index contributed by atoms with van der Waals surface area (Å²) in [4.78, 5) is 17.4. The number of aliphatic hydroxyl groups is 1. The minimum atomic E-state index is -0.483. The Balaban J connectivity index is 2.45. The summed E-state index contributed by atoms with van der Waals surface area (Å²) in [6.45, 7) is 0.0377. The predicted molar refractivity (Wildman–Crippen MR) is 86.1 cm³/mol. The molecule has 0 unspecified atom stereocenters. The molecule has 2 N–H and O–H groups in total. The lowest BCUT2D eigenvalue weighted by Crippen LogP contribution is -2.31. The Morgan fingerprint density at radius 2 is 2.38 bits per heavy atom. The van der Waals surface area contributed by atoms with Gasteiger partial charge in [0.25, 0.3) is 0 Å². The summed E-state index contributed by atoms with van der Waals surface area (Å²) in [7, 11) is 1.29. The van der Waals surface area contributed by atoms with E-state index in [9.17, 15) is 9.18 Å². The number of amides is 1. The Morgan fingerprint density at radius 1 is 1.58 bits per heavy atom. The highest BCUT2D eigenvalue weighted by Crippen LogP contribution is 2.25. The normalized spacial score (nSPS) is 11.2. The van der Waals surface area contributed by atoms with Crippen molar-refractivity contribution in [3.8, 4) is 0 Å². The topological polar surface area (TPSA) is 113 Å². The van der Waals surface area contributed by atoms with E-state index < -0.39 is 5.82 Å². The molecule has 0 radical (unpaired) electrons. The second-order valence-electron chi connectivity index (χ2n) is 4.28. The largest absolute Gasteiger partial charge is 0.397 e. The number of benzene rings is 1. The molecule has 2 rings (SSSR count). The molecule has 1 amide bonds. The molecule has 0 saturated carbocycles. The molecular weight excluding hydrogens is 389 g/mol. The number of hydrogen-bond acceptors (Lipinski definition) is 8. The number of oxime groups is 1. The van der Waals surface area contributed by atoms with Gasteiger partial charge in [-0.15, -0.1) is 0 Å². The minimum Gasteiger partial charge on any atom is -0.397 e. The molecule has 0 saturated heterocycles. The summed E-state index contributed by atoms with van der Waals surface area (Å²) in [5, 5.41) is 22.8. The zero-order chi connectivity index (χ0) is 17.5. The highest BCUT2D eigenvalue weighted by Gasteiger charge is 2.25. The maximum atomic E-state index is 13.4. The quantitative estimate of drug-likeness (QED) is 0.311. The molecule has 1 aromatic carbocycles. The van der Waals surface area contributed by atoms with Crippen LogP contribution in [0.5, 0.6) is 0 Å². The maximum Gasteiger partial charge on any atom is 0.220 e. The van der Waals surface area contributed by atoms with Crippen LogP contribution in [-0.2, 0) is 9.63 Å². The molecule has 0 aliphatic heterocycles. The molecule has 0 atom stereocenters. The van der Waals surface area contributed by atoms with Crippen LogP contribution in [0.3, 0.4) is 0 Å². The first-order valence-corrected chi connectivity index (χ1v) is 7.40. The van der Waals surface area contributed by atoms with E-state index in [0.717, 1.165) is 4.90 Å². The van der Waals surface area contributed by atoms with Crippen LogP contribution in [0.25, 0.3) is 0 Å². The summed E-state index contributed by atoms with van der Waals surface area (Å²) < 4.78 is 18.2. The molecule has 0 spiro atoms. The SMILES string of the molecule is CO/N=C(/c1nonc1NCCO)N(C=O)c1ccc(F)c(Br)c1. The van der Waals surface area contributed by atoms with Gasteiger partial charge in [0.05, 0.1) is 16.8 Å². The molecule has 128 valence electrons. The Labute approximate surface area is 144 Å². The summed E-state index contributed by atoms with van der Waals surface area (Å²) >= 11 is 3.05. The summed E-state index contributed by atoms with van der Waals surface area (Å²) in [5.41, 5.74) is 0.392. The van der Waals surface area contributed by atoms with E-state index in [1.54, 1.807) is 0 Å². The molecule has 11 heteroatoms. The molecule has 0 bridgehead atoms. The number of nitrogens with zero attached hydrogens (tertiary/aromatic N) is 4. The number of amidine groups is 1. The van der Waals surface area contributed by atoms with Crippen molar-refractivity contribution in [1.29, 1.82) is 0 Å². The number of rotatable bonds is 7. The highest BCUT2D eigenvalue weighted by molar-refractivity contribution is 9.10. The Morgan fingerprint density at radius 3 is 3.00 bits per heavy atom. The van der Waals surface area contributed by atoms with Crippen LogP contribution in [0.15, 0.2) is 32.5 Å². The van der Waals surface area contributed by atoms with E-state index in [1.165, 1.54) is 25.3 Å². The highest BCUT2D eigenvalue weighted by atomic mass is 79.9. The van der Waals surface area contributed by atoms with Crippen molar-refractivity contribution >= 4 is 39.7 Å². The van der Waals surface area contributed by atoms with Gasteiger partial charge in [0.15, 0.2) is 5.69 Å². The Hall–Kier alpha value is -2.53. The van der Waals surface area contributed by atoms with Gasteiger partial charge < -0.3 is 15.3 Å². The summed E-state index contributed by atoms with van der Waals surface area (Å²) in [6, 6.07) is 3.96. The number of aromatic nitrogens is 2. The van der Waals surface area contributed by atoms with E-state index in [2.05, 4.69) is 41.3 Å². The lowest BCUT2D eigenvalue weighted by Gasteiger charge is -2.18. The monoisotopic (exact) mass is 401 g/mol. The van der Waals surface area contributed by atoms with Crippen molar-refractivity contribution in [2.45, 2.75) is 0 Å². The van der Waals surface area contributed by atoms with Crippen molar-refractivity contribution in [3.05, 3.63) is 34.2 Å². The molecule has 0 aliphatic carbocycles. The fourth-order valence-electron chi connectivity index (χ4n) is 1.78. The van der Waals surface area contributed by atoms with Gasteiger partial charge in [0, 0.05) is 6.54 Å². The van der Waals surface area contributed by atoms with E-state index in [4.69, 9.17) is 9.94 Å². The van der Waals surface area contributed by atoms with E-state index in [1.807, 2.05) is 0 Å². The zero-order valence-electron chi connectivity index (χ0n) is 12.4. The fourth-order valence-corrected chi connectivity index (χ4v) is 2.15. The van der Waals surface area contributed by atoms with Gasteiger partial charge in [-0.1, -0.05) is 5.16 Å². The van der Waals surface area contributed by atoms with Crippen LogP contribution in [0.4, 0.5) is 15.9 Å². The second kappa shape index (κ2) is 8.36. The average Bonchev–Trinajstić information content (AvgIpc) is 3.04. The van der Waals surface area contributed by atoms with Crippen LogP contribution in [0.1, 0.15) is 5.69 Å². The van der Waals surface area contributed by atoms with Gasteiger partial charge >= 0.3 is 0 Å². The van der Waals surface area contributed by atoms with Crippen molar-refractivity contribution < 1.29 is 23.8 Å². The van der Waals surface area contributed by atoms with Gasteiger partial charge in [-0.25, -0.2) is 9.02 Å². The predicted octanol–water partition coefficient (Wildman–Crippen LogP) is 1.35. The number of hydrogen-bond donors (Lipinski definition) is 2. The molecular formula is C13H13BrFN5O4. The molecule has 1 aromatic heterocycles. The van der Waals surface area contributed by atoms with Gasteiger partial charge in [0.2, 0.25) is 18.1 Å². The molecule has 1 heterocycles. The number of aliphatic hydroxyl groups excluding tert-OH is 1. The van der Waals surface area contributed by atoms with Crippen LogP contribution < -0.4 is 10.2 Å². The van der Waals surface area contributed by atoms with Crippen LogP contribution in [0, 0.1) is 5.82 Å². The number of nitrogens with one attached hydrogen (secondary N) is 1. The Kier molecular flexibility index (Phi) is 6.21. The second-order valence-corrected chi connectivity index (χ2v) is 5.14. The number of halogens is 2. The molecule has 9 nitrogen and oxygen atoms in total. The van der Waals surface area contributed by atoms with Crippen LogP contribution in [0.2, 0.25) is 0 Å². The third kappa shape index (κ3) is 3.86. The minimum absolute atomic E-state index is 0.0345. The van der Waals surface area contributed by atoms with Crippen LogP contribution in [-0.4, -0.2) is 47.9 Å². The van der Waals surface area contributed by atoms with Crippen molar-refractivity contribution in [2.24, 2.45) is 5.16 Å². The van der Waals surface area contributed by atoms with Gasteiger partial charge in [-0.2, -0.15) is 0 Å². The van der Waals surface area contributed by atoms with Crippen molar-refractivity contribution in [1.82, 2.24) is 10.3 Å². The molecule has 24 heavy (non-hydrogen) atoms. The number of anilines is 2. The summed E-state index contributed by atoms with van der Waals surface area (Å²) in [6.07, 6.45) is 0.460. The fraction of sp³-hybridized carbons (Fsp3) is 0.231. The van der Waals surface area contributed by atoms with Gasteiger partial charge in [0.1, 0.15) is 12.9 Å². The maximum absolute atomic E-state index is 13.4. The van der Waals surface area contributed by atoms with E-state index >= 15 is 0 Å². The van der Waals surface area contributed by atoms with Crippen molar-refractivity contribution in [2.75, 3.05) is 30.5 Å². The first-order chi connectivity index (χ1) is 11.6. The smallest absolute Gasteiger partial charge is 0.220 e. The lowest BCUT2D eigenvalue weighted by molar-refractivity contribution is -0.106.